The first-order chi connectivity index (χ1) is 9.69. The van der Waals surface area contributed by atoms with Crippen LogP contribution in [0.5, 0.6) is 0 Å². The number of pyridine rings is 1. The number of aromatic nitrogens is 1. The fourth-order valence-electron chi connectivity index (χ4n) is 3.12. The van der Waals surface area contributed by atoms with Crippen molar-refractivity contribution >= 4 is 27.5 Å². The molecule has 0 bridgehead atoms. The standard InChI is InChI=1S/C16H16BrClN2/c1-19-15(11-7-12(17)9-13(18)8-11)14-5-4-10-3-2-6-20-16(10)14/h2-3,6-9,14-15,19H,4-5H2,1H3. The Hall–Kier alpha value is -0.900. The molecule has 0 amide bonds. The Kier molecular flexibility index (Phi) is 4.11. The Morgan fingerprint density at radius 2 is 2.25 bits per heavy atom. The Labute approximate surface area is 132 Å². The number of likely N-dealkylation sites (N-methyl/N-ethyl adjacent to an activating group) is 1. The number of hydrogen-bond acceptors (Lipinski definition) is 2. The van der Waals surface area contributed by atoms with Crippen LogP contribution in [0.2, 0.25) is 5.02 Å². The van der Waals surface area contributed by atoms with E-state index in [0.717, 1.165) is 22.3 Å². The van der Waals surface area contributed by atoms with Crippen molar-refractivity contribution in [3.05, 3.63) is 62.8 Å². The maximum Gasteiger partial charge on any atom is 0.0485 e. The molecule has 1 aromatic carbocycles. The molecule has 2 nitrogen and oxygen atoms in total. The van der Waals surface area contributed by atoms with Crippen LogP contribution in [-0.2, 0) is 6.42 Å². The number of rotatable bonds is 3. The highest BCUT2D eigenvalue weighted by molar-refractivity contribution is 9.10. The molecule has 0 spiro atoms. The molecule has 0 fully saturated rings. The summed E-state index contributed by atoms with van der Waals surface area (Å²) in [5, 5.41) is 4.19. The highest BCUT2D eigenvalue weighted by Gasteiger charge is 2.31. The van der Waals surface area contributed by atoms with Crippen molar-refractivity contribution in [1.29, 1.82) is 0 Å². The summed E-state index contributed by atoms with van der Waals surface area (Å²) in [4.78, 5) is 4.60. The van der Waals surface area contributed by atoms with Gasteiger partial charge in [0.25, 0.3) is 0 Å². The van der Waals surface area contributed by atoms with Gasteiger partial charge in [0, 0.05) is 33.3 Å². The van der Waals surface area contributed by atoms with Crippen molar-refractivity contribution in [2.45, 2.75) is 24.8 Å². The Bertz CT molecular complexity index is 609. The molecular formula is C16H16BrClN2. The van der Waals surface area contributed by atoms with Gasteiger partial charge in [-0.25, -0.2) is 0 Å². The summed E-state index contributed by atoms with van der Waals surface area (Å²) < 4.78 is 1.01. The molecule has 4 heteroatoms. The quantitative estimate of drug-likeness (QED) is 0.881. The summed E-state index contributed by atoms with van der Waals surface area (Å²) in [6.07, 6.45) is 4.12. The zero-order valence-corrected chi connectivity index (χ0v) is 13.6. The van der Waals surface area contributed by atoms with Gasteiger partial charge in [0.15, 0.2) is 0 Å². The lowest BCUT2D eigenvalue weighted by Crippen LogP contribution is -2.23. The van der Waals surface area contributed by atoms with Crippen molar-refractivity contribution in [3.63, 3.8) is 0 Å². The van der Waals surface area contributed by atoms with Crippen molar-refractivity contribution in [3.8, 4) is 0 Å². The van der Waals surface area contributed by atoms with E-state index in [9.17, 15) is 0 Å². The van der Waals surface area contributed by atoms with Crippen LogP contribution >= 0.6 is 27.5 Å². The first kappa shape index (κ1) is 14.1. The van der Waals surface area contributed by atoms with Gasteiger partial charge in [-0.2, -0.15) is 0 Å². The second kappa shape index (κ2) is 5.84. The minimum atomic E-state index is 0.237. The third kappa shape index (κ3) is 2.62. The SMILES string of the molecule is CNC(c1cc(Cl)cc(Br)c1)C1CCc2cccnc21. The van der Waals surface area contributed by atoms with Gasteiger partial charge in [-0.05, 0) is 55.3 Å². The fraction of sp³-hybridized carbons (Fsp3) is 0.312. The largest absolute Gasteiger partial charge is 0.312 e. The number of nitrogens with zero attached hydrogens (tertiary/aromatic N) is 1. The number of benzene rings is 1. The van der Waals surface area contributed by atoms with E-state index in [0.29, 0.717) is 5.92 Å². The van der Waals surface area contributed by atoms with Crippen LogP contribution < -0.4 is 5.32 Å². The van der Waals surface area contributed by atoms with Crippen molar-refractivity contribution in [2.24, 2.45) is 0 Å². The van der Waals surface area contributed by atoms with E-state index in [2.05, 4.69) is 38.4 Å². The lowest BCUT2D eigenvalue weighted by Gasteiger charge is -2.24. The molecule has 1 aromatic heterocycles. The number of fused-ring (bicyclic) bond motifs is 1. The van der Waals surface area contributed by atoms with Gasteiger partial charge in [-0.3, -0.25) is 4.98 Å². The van der Waals surface area contributed by atoms with E-state index in [1.54, 1.807) is 0 Å². The number of aryl methyl sites for hydroxylation is 1. The summed E-state index contributed by atoms with van der Waals surface area (Å²) in [5.41, 5.74) is 3.80. The highest BCUT2D eigenvalue weighted by atomic mass is 79.9. The van der Waals surface area contributed by atoms with Crippen LogP contribution in [0, 0.1) is 0 Å². The van der Waals surface area contributed by atoms with E-state index in [-0.39, 0.29) is 6.04 Å². The minimum Gasteiger partial charge on any atom is -0.312 e. The van der Waals surface area contributed by atoms with E-state index >= 15 is 0 Å². The average molecular weight is 352 g/mol. The maximum atomic E-state index is 6.18. The summed E-state index contributed by atoms with van der Waals surface area (Å²) >= 11 is 9.71. The van der Waals surface area contributed by atoms with Gasteiger partial charge in [0.2, 0.25) is 0 Å². The molecule has 2 aromatic rings. The molecule has 0 aliphatic heterocycles. The zero-order chi connectivity index (χ0) is 14.1. The second-order valence-corrected chi connectivity index (χ2v) is 6.51. The minimum absolute atomic E-state index is 0.237. The number of hydrogen-bond donors (Lipinski definition) is 1. The monoisotopic (exact) mass is 350 g/mol. The van der Waals surface area contributed by atoms with Crippen LogP contribution in [0.4, 0.5) is 0 Å². The van der Waals surface area contributed by atoms with Crippen molar-refractivity contribution in [1.82, 2.24) is 10.3 Å². The zero-order valence-electron chi connectivity index (χ0n) is 11.2. The number of nitrogens with one attached hydrogen (secondary N) is 1. The molecule has 0 radical (unpaired) electrons. The smallest absolute Gasteiger partial charge is 0.0485 e. The van der Waals surface area contributed by atoms with Gasteiger partial charge in [-0.15, -0.1) is 0 Å². The van der Waals surface area contributed by atoms with Gasteiger partial charge in [0.05, 0.1) is 0 Å². The summed E-state index contributed by atoms with van der Waals surface area (Å²) in [6.45, 7) is 0. The third-order valence-corrected chi connectivity index (χ3v) is 4.64. The molecule has 1 aliphatic rings. The molecule has 104 valence electrons. The van der Waals surface area contributed by atoms with Gasteiger partial charge >= 0.3 is 0 Å². The van der Waals surface area contributed by atoms with E-state index < -0.39 is 0 Å². The van der Waals surface area contributed by atoms with Gasteiger partial charge < -0.3 is 5.32 Å². The summed E-state index contributed by atoms with van der Waals surface area (Å²) in [6, 6.07) is 10.5. The Balaban J connectivity index is 1.99. The van der Waals surface area contributed by atoms with E-state index in [1.807, 2.05) is 31.4 Å². The molecule has 2 unspecified atom stereocenters. The van der Waals surface area contributed by atoms with Gasteiger partial charge in [0.1, 0.15) is 0 Å². The molecule has 2 atom stereocenters. The maximum absolute atomic E-state index is 6.18. The number of halogens is 2. The second-order valence-electron chi connectivity index (χ2n) is 5.16. The molecular weight excluding hydrogens is 336 g/mol. The molecule has 1 heterocycles. The first-order valence-corrected chi connectivity index (χ1v) is 7.93. The molecule has 0 saturated carbocycles. The summed E-state index contributed by atoms with van der Waals surface area (Å²) in [5.74, 6) is 0.404. The van der Waals surface area contributed by atoms with Crippen LogP contribution in [0.25, 0.3) is 0 Å². The topological polar surface area (TPSA) is 24.9 Å². The predicted octanol–water partition coefficient (Wildman–Crippen LogP) is 4.49. The third-order valence-electron chi connectivity index (χ3n) is 3.96. The molecule has 20 heavy (non-hydrogen) atoms. The fourth-order valence-corrected chi connectivity index (χ4v) is 4.01. The lowest BCUT2D eigenvalue weighted by atomic mass is 9.91. The first-order valence-electron chi connectivity index (χ1n) is 6.76. The molecule has 1 aliphatic carbocycles. The molecule has 1 N–H and O–H groups in total. The lowest BCUT2D eigenvalue weighted by molar-refractivity contribution is 0.470. The van der Waals surface area contributed by atoms with Gasteiger partial charge in [-0.1, -0.05) is 33.6 Å². The van der Waals surface area contributed by atoms with Crippen LogP contribution in [0.15, 0.2) is 41.0 Å². The van der Waals surface area contributed by atoms with Crippen molar-refractivity contribution in [2.75, 3.05) is 7.05 Å². The predicted molar refractivity (Wildman–Crippen MR) is 86.3 cm³/mol. The van der Waals surface area contributed by atoms with E-state index in [1.165, 1.54) is 16.8 Å². The molecule has 3 rings (SSSR count). The van der Waals surface area contributed by atoms with E-state index in [4.69, 9.17) is 11.6 Å². The Morgan fingerprint density at radius 3 is 3.00 bits per heavy atom. The normalized spacial score (nSPS) is 18.9. The van der Waals surface area contributed by atoms with Crippen LogP contribution in [0.3, 0.4) is 0 Å². The van der Waals surface area contributed by atoms with Crippen molar-refractivity contribution < 1.29 is 0 Å². The Morgan fingerprint density at radius 1 is 1.40 bits per heavy atom. The summed E-state index contributed by atoms with van der Waals surface area (Å²) in [7, 11) is 2.00. The van der Waals surface area contributed by atoms with Crippen LogP contribution in [-0.4, -0.2) is 12.0 Å². The average Bonchev–Trinajstić information content (AvgIpc) is 2.83. The van der Waals surface area contributed by atoms with Crippen LogP contribution in [0.1, 0.15) is 35.2 Å². The molecule has 0 saturated heterocycles. The highest BCUT2D eigenvalue weighted by Crippen LogP contribution is 2.41.